The number of benzene rings is 1. The van der Waals surface area contributed by atoms with E-state index in [1.54, 1.807) is 33.9 Å². The molecule has 0 aliphatic heterocycles. The van der Waals surface area contributed by atoms with E-state index < -0.39 is 47.9 Å². The van der Waals surface area contributed by atoms with Gasteiger partial charge in [0.05, 0.1) is 6.04 Å². The largest absolute Gasteiger partial charge is 0.480 e. The second-order valence-electron chi connectivity index (χ2n) is 10.5. The van der Waals surface area contributed by atoms with Gasteiger partial charge in [-0.2, -0.15) is 0 Å². The quantitative estimate of drug-likeness (QED) is 0.0836. The van der Waals surface area contributed by atoms with Crippen LogP contribution in [0.5, 0.6) is 0 Å². The average molecular weight is 559 g/mol. The van der Waals surface area contributed by atoms with Crippen molar-refractivity contribution in [3.63, 3.8) is 0 Å². The van der Waals surface area contributed by atoms with Gasteiger partial charge in [-0.1, -0.05) is 45.9 Å². The van der Waals surface area contributed by atoms with Gasteiger partial charge in [0.1, 0.15) is 18.1 Å². The second kappa shape index (κ2) is 14.9. The van der Waals surface area contributed by atoms with Crippen molar-refractivity contribution in [1.29, 1.82) is 0 Å². The van der Waals surface area contributed by atoms with Gasteiger partial charge in [-0.25, -0.2) is 4.79 Å². The summed E-state index contributed by atoms with van der Waals surface area (Å²) >= 11 is 0. The van der Waals surface area contributed by atoms with Crippen LogP contribution in [0, 0.1) is 11.8 Å². The minimum Gasteiger partial charge on any atom is -0.480 e. The summed E-state index contributed by atoms with van der Waals surface area (Å²) in [6, 6.07) is 3.31. The first-order chi connectivity index (χ1) is 18.8. The van der Waals surface area contributed by atoms with Crippen LogP contribution in [0.1, 0.15) is 46.1 Å². The molecule has 0 bridgehead atoms. The Morgan fingerprint density at radius 2 is 1.57 bits per heavy atom. The van der Waals surface area contributed by atoms with Gasteiger partial charge in [0, 0.05) is 30.1 Å². The zero-order valence-electron chi connectivity index (χ0n) is 23.4. The number of aliphatic carboxylic acids is 1. The number of amides is 3. The summed E-state index contributed by atoms with van der Waals surface area (Å²) in [6.45, 7) is 7.25. The number of H-pyrrole nitrogens is 1. The normalized spacial score (nSPS) is 14.3. The van der Waals surface area contributed by atoms with Crippen molar-refractivity contribution in [3.05, 3.63) is 36.0 Å². The molecular formula is C27H42N8O5. The Balaban J connectivity index is 2.17. The van der Waals surface area contributed by atoms with Crippen molar-refractivity contribution in [2.45, 2.75) is 71.1 Å². The molecule has 2 rings (SSSR count). The van der Waals surface area contributed by atoms with E-state index in [1.165, 1.54) is 0 Å². The first-order valence-electron chi connectivity index (χ1n) is 13.3. The number of nitrogens with zero attached hydrogens (tertiary/aromatic N) is 1. The molecule has 1 aromatic carbocycles. The van der Waals surface area contributed by atoms with Crippen molar-refractivity contribution >= 4 is 40.6 Å². The molecule has 4 unspecified atom stereocenters. The van der Waals surface area contributed by atoms with Gasteiger partial charge < -0.3 is 43.2 Å². The monoisotopic (exact) mass is 558 g/mol. The SMILES string of the molecule is CC(C)C(N)C(=O)NC(CCCN=C(N)N)C(=O)NC(C(=O)NC(Cc1c[nH]c2ccccc12)C(=O)O)C(C)C. The molecular weight excluding hydrogens is 516 g/mol. The average Bonchev–Trinajstić information content (AvgIpc) is 3.30. The van der Waals surface area contributed by atoms with E-state index in [9.17, 15) is 24.3 Å². The third-order valence-corrected chi connectivity index (χ3v) is 6.56. The number of aliphatic imine (C=N–C) groups is 1. The number of aromatic amines is 1. The summed E-state index contributed by atoms with van der Waals surface area (Å²) in [6.07, 6.45) is 2.31. The molecule has 0 spiro atoms. The summed E-state index contributed by atoms with van der Waals surface area (Å²) in [4.78, 5) is 58.2. The topological polar surface area (TPSA) is 231 Å². The number of hydrogen-bond donors (Lipinski definition) is 8. The van der Waals surface area contributed by atoms with Gasteiger partial charge in [-0.15, -0.1) is 0 Å². The van der Waals surface area contributed by atoms with Gasteiger partial charge in [-0.3, -0.25) is 19.4 Å². The maximum Gasteiger partial charge on any atom is 0.326 e. The molecule has 0 radical (unpaired) electrons. The maximum atomic E-state index is 13.3. The minimum absolute atomic E-state index is 0.0421. The Hall–Kier alpha value is -4.13. The first kappa shape index (κ1) is 32.1. The van der Waals surface area contributed by atoms with E-state index in [-0.39, 0.29) is 37.2 Å². The van der Waals surface area contributed by atoms with E-state index in [0.717, 1.165) is 16.5 Å². The number of carbonyl (C=O) groups excluding carboxylic acids is 3. The summed E-state index contributed by atoms with van der Waals surface area (Å²) in [5.41, 5.74) is 18.3. The lowest BCUT2D eigenvalue weighted by Gasteiger charge is -2.27. The third kappa shape index (κ3) is 9.26. The van der Waals surface area contributed by atoms with Crippen LogP contribution >= 0.6 is 0 Å². The number of nitrogens with one attached hydrogen (secondary N) is 4. The molecule has 0 aliphatic rings. The molecule has 13 nitrogen and oxygen atoms in total. The van der Waals surface area contributed by atoms with E-state index >= 15 is 0 Å². The van der Waals surface area contributed by atoms with E-state index in [1.807, 2.05) is 24.3 Å². The number of rotatable bonds is 15. The van der Waals surface area contributed by atoms with Crippen LogP contribution in [0.4, 0.5) is 0 Å². The number of nitrogens with two attached hydrogens (primary N) is 3. The number of carbonyl (C=O) groups is 4. The minimum atomic E-state index is -1.23. The molecule has 11 N–H and O–H groups in total. The van der Waals surface area contributed by atoms with Crippen LogP contribution in [0.15, 0.2) is 35.5 Å². The lowest BCUT2D eigenvalue weighted by atomic mass is 10.00. The van der Waals surface area contributed by atoms with Crippen LogP contribution < -0.4 is 33.2 Å². The number of aromatic nitrogens is 1. The first-order valence-corrected chi connectivity index (χ1v) is 13.3. The fraction of sp³-hybridized carbons (Fsp3) is 0.519. The summed E-state index contributed by atoms with van der Waals surface area (Å²) in [5, 5.41) is 18.6. The molecule has 0 fully saturated rings. The molecule has 13 heteroatoms. The molecule has 40 heavy (non-hydrogen) atoms. The highest BCUT2D eigenvalue weighted by Crippen LogP contribution is 2.19. The summed E-state index contributed by atoms with van der Waals surface area (Å²) in [7, 11) is 0. The van der Waals surface area contributed by atoms with Gasteiger partial charge >= 0.3 is 5.97 Å². The highest BCUT2D eigenvalue weighted by Gasteiger charge is 2.32. The van der Waals surface area contributed by atoms with Crippen molar-refractivity contribution in [3.8, 4) is 0 Å². The van der Waals surface area contributed by atoms with Crippen molar-refractivity contribution in [1.82, 2.24) is 20.9 Å². The Morgan fingerprint density at radius 1 is 0.925 bits per heavy atom. The Bertz CT molecular complexity index is 1200. The van der Waals surface area contributed by atoms with Gasteiger partial charge in [-0.05, 0) is 36.3 Å². The molecule has 220 valence electrons. The number of hydrogen-bond acceptors (Lipinski definition) is 6. The summed E-state index contributed by atoms with van der Waals surface area (Å²) in [5.74, 6) is -3.62. The molecule has 0 saturated heterocycles. The van der Waals surface area contributed by atoms with Crippen LogP contribution in [0.2, 0.25) is 0 Å². The molecule has 2 aromatic rings. The zero-order valence-corrected chi connectivity index (χ0v) is 23.4. The van der Waals surface area contributed by atoms with Crippen LogP contribution in [-0.2, 0) is 25.6 Å². The second-order valence-corrected chi connectivity index (χ2v) is 10.5. The van der Waals surface area contributed by atoms with Crippen LogP contribution in [-0.4, -0.2) is 70.5 Å². The zero-order chi connectivity index (χ0) is 30.0. The molecule has 4 atom stereocenters. The third-order valence-electron chi connectivity index (χ3n) is 6.56. The molecule has 1 aromatic heterocycles. The highest BCUT2D eigenvalue weighted by atomic mass is 16.4. The van der Waals surface area contributed by atoms with Crippen molar-refractivity contribution < 1.29 is 24.3 Å². The Labute approximate surface area is 233 Å². The Kier molecular flexibility index (Phi) is 11.9. The lowest BCUT2D eigenvalue weighted by molar-refractivity contribution is -0.142. The maximum absolute atomic E-state index is 13.3. The van der Waals surface area contributed by atoms with E-state index in [2.05, 4.69) is 25.9 Å². The molecule has 3 amide bonds. The van der Waals surface area contributed by atoms with Crippen molar-refractivity contribution in [2.75, 3.05) is 6.54 Å². The van der Waals surface area contributed by atoms with E-state index in [4.69, 9.17) is 17.2 Å². The van der Waals surface area contributed by atoms with Crippen LogP contribution in [0.25, 0.3) is 10.9 Å². The molecule has 0 aliphatic carbocycles. The number of carboxylic acid groups (broad SMARTS) is 1. The molecule has 1 heterocycles. The highest BCUT2D eigenvalue weighted by molar-refractivity contribution is 5.94. The summed E-state index contributed by atoms with van der Waals surface area (Å²) < 4.78 is 0. The fourth-order valence-corrected chi connectivity index (χ4v) is 4.11. The van der Waals surface area contributed by atoms with Gasteiger partial charge in [0.15, 0.2) is 5.96 Å². The predicted octanol–water partition coefficient (Wildman–Crippen LogP) is -0.0577. The number of para-hydroxylation sites is 1. The predicted molar refractivity (Wildman–Crippen MR) is 153 cm³/mol. The number of guanidine groups is 1. The fourth-order valence-electron chi connectivity index (χ4n) is 4.11. The standard InChI is InChI=1S/C27H42N8O5/c1-14(2)21(28)24(37)33-19(10-7-11-31-27(29)30)23(36)35-22(15(3)4)25(38)34-20(26(39)40)12-16-13-32-18-9-6-5-8-17(16)18/h5-6,8-9,13-15,19-22,32H,7,10-12,28H2,1-4H3,(H,33,37)(H,34,38)(H,35,36)(H,39,40)(H4,29,30,31). The molecule has 0 saturated carbocycles. The van der Waals surface area contributed by atoms with Gasteiger partial charge in [0.25, 0.3) is 0 Å². The number of fused-ring (bicyclic) bond motifs is 1. The number of carboxylic acids is 1. The lowest BCUT2D eigenvalue weighted by Crippen LogP contribution is -2.59. The van der Waals surface area contributed by atoms with Gasteiger partial charge in [0.2, 0.25) is 17.7 Å². The van der Waals surface area contributed by atoms with E-state index in [0.29, 0.717) is 6.42 Å². The van der Waals surface area contributed by atoms with Crippen LogP contribution in [0.3, 0.4) is 0 Å². The van der Waals surface area contributed by atoms with Crippen molar-refractivity contribution in [2.24, 2.45) is 34.0 Å². The smallest absolute Gasteiger partial charge is 0.326 e. The Morgan fingerprint density at radius 3 is 2.17 bits per heavy atom.